The van der Waals surface area contributed by atoms with Crippen molar-refractivity contribution >= 4 is 5.91 Å². The van der Waals surface area contributed by atoms with Gasteiger partial charge in [-0.25, -0.2) is 4.68 Å². The second kappa shape index (κ2) is 7.34. The molecule has 130 valence electrons. The normalized spacial score (nSPS) is 11.0. The van der Waals surface area contributed by atoms with Crippen molar-refractivity contribution in [1.29, 1.82) is 0 Å². The molecule has 1 aromatic carbocycles. The quantitative estimate of drug-likeness (QED) is 0.691. The molecule has 0 aliphatic carbocycles. The van der Waals surface area contributed by atoms with Crippen LogP contribution < -0.4 is 0 Å². The molecule has 0 atom stereocenters. The molecule has 0 spiro atoms. The van der Waals surface area contributed by atoms with Gasteiger partial charge < -0.3 is 9.42 Å². The third kappa shape index (κ3) is 4.15. The molecule has 6 heteroatoms. The lowest BCUT2D eigenvalue weighted by molar-refractivity contribution is 0.0743. The summed E-state index contributed by atoms with van der Waals surface area (Å²) in [5, 5.41) is 8.21. The molecule has 25 heavy (non-hydrogen) atoms. The van der Waals surface area contributed by atoms with Crippen molar-refractivity contribution in [3.8, 4) is 5.69 Å². The van der Waals surface area contributed by atoms with E-state index < -0.39 is 0 Å². The minimum atomic E-state index is -0.174. The molecule has 3 aromatic rings. The summed E-state index contributed by atoms with van der Waals surface area (Å²) < 4.78 is 7.01. The van der Waals surface area contributed by atoms with Crippen LogP contribution in [-0.2, 0) is 13.0 Å². The number of benzene rings is 1. The Hall–Kier alpha value is -2.89. The van der Waals surface area contributed by atoms with E-state index in [1.165, 1.54) is 0 Å². The molecule has 2 heterocycles. The molecule has 3 rings (SSSR count). The molecule has 6 nitrogen and oxygen atoms in total. The first-order valence-electron chi connectivity index (χ1n) is 8.33. The SMILES string of the molecule is CC(C)Cc1cc(C(=O)N(C)Cc2cccc(-n3cccn3)c2)on1. The van der Waals surface area contributed by atoms with E-state index in [0.29, 0.717) is 12.5 Å². The van der Waals surface area contributed by atoms with Crippen molar-refractivity contribution in [2.75, 3.05) is 7.05 Å². The summed E-state index contributed by atoms with van der Waals surface area (Å²) in [7, 11) is 1.76. The molecule has 0 radical (unpaired) electrons. The standard InChI is InChI=1S/C19H22N4O2/c1-14(2)10-16-12-18(25-21-16)19(24)22(3)13-15-6-4-7-17(11-15)23-9-5-8-20-23/h4-9,11-12,14H,10,13H2,1-3H3. The molecule has 0 saturated heterocycles. The Bertz CT molecular complexity index is 837. The molecular weight excluding hydrogens is 316 g/mol. The fourth-order valence-electron chi connectivity index (χ4n) is 2.68. The van der Waals surface area contributed by atoms with Crippen LogP contribution in [0.25, 0.3) is 5.69 Å². The van der Waals surface area contributed by atoms with Gasteiger partial charge in [0, 0.05) is 32.1 Å². The van der Waals surface area contributed by atoms with Crippen LogP contribution >= 0.6 is 0 Å². The fraction of sp³-hybridized carbons (Fsp3) is 0.316. The largest absolute Gasteiger partial charge is 0.351 e. The third-order valence-electron chi connectivity index (χ3n) is 3.83. The zero-order valence-electron chi connectivity index (χ0n) is 14.7. The van der Waals surface area contributed by atoms with Crippen molar-refractivity contribution in [2.45, 2.75) is 26.8 Å². The molecule has 2 aromatic heterocycles. The number of nitrogens with zero attached hydrogens (tertiary/aromatic N) is 4. The second-order valence-corrected chi connectivity index (χ2v) is 6.56. The summed E-state index contributed by atoms with van der Waals surface area (Å²) in [4.78, 5) is 14.2. The Morgan fingerprint density at radius 3 is 2.84 bits per heavy atom. The molecule has 0 fully saturated rings. The number of aromatic nitrogens is 3. The molecule has 1 amide bonds. The van der Waals surface area contributed by atoms with Gasteiger partial charge in [0.05, 0.1) is 11.4 Å². The first-order chi connectivity index (χ1) is 12.0. The summed E-state index contributed by atoms with van der Waals surface area (Å²) in [6, 6.07) is 11.6. The van der Waals surface area contributed by atoms with Crippen molar-refractivity contribution in [1.82, 2.24) is 19.8 Å². The van der Waals surface area contributed by atoms with Gasteiger partial charge in [0.2, 0.25) is 5.76 Å². The van der Waals surface area contributed by atoms with E-state index in [2.05, 4.69) is 24.1 Å². The average molecular weight is 338 g/mol. The minimum Gasteiger partial charge on any atom is -0.351 e. The lowest BCUT2D eigenvalue weighted by Crippen LogP contribution is -2.25. The van der Waals surface area contributed by atoms with Crippen molar-refractivity contribution in [2.24, 2.45) is 5.92 Å². The number of amides is 1. The number of carbonyl (C=O) groups is 1. The van der Waals surface area contributed by atoms with Gasteiger partial charge in [0.25, 0.3) is 5.91 Å². The molecule has 0 aliphatic rings. The maximum Gasteiger partial charge on any atom is 0.292 e. The summed E-state index contributed by atoms with van der Waals surface area (Å²) in [5.74, 6) is 0.573. The molecule has 0 unspecified atom stereocenters. The third-order valence-corrected chi connectivity index (χ3v) is 3.83. The van der Waals surface area contributed by atoms with Gasteiger partial charge in [-0.05, 0) is 36.1 Å². The summed E-state index contributed by atoms with van der Waals surface area (Å²) in [6.45, 7) is 4.69. The average Bonchev–Trinajstić information content (AvgIpc) is 3.25. The maximum atomic E-state index is 12.5. The Morgan fingerprint density at radius 1 is 1.28 bits per heavy atom. The van der Waals surface area contributed by atoms with Gasteiger partial charge in [-0.2, -0.15) is 5.10 Å². The van der Waals surface area contributed by atoms with E-state index in [-0.39, 0.29) is 11.7 Å². The van der Waals surface area contributed by atoms with Crippen LogP contribution in [0.1, 0.15) is 35.7 Å². The van der Waals surface area contributed by atoms with E-state index in [9.17, 15) is 4.79 Å². The van der Waals surface area contributed by atoms with Crippen LogP contribution in [0.3, 0.4) is 0 Å². The second-order valence-electron chi connectivity index (χ2n) is 6.56. The van der Waals surface area contributed by atoms with Crippen LogP contribution in [0.5, 0.6) is 0 Å². The summed E-state index contributed by atoms with van der Waals surface area (Å²) in [6.07, 6.45) is 4.42. The lowest BCUT2D eigenvalue weighted by atomic mass is 10.1. The summed E-state index contributed by atoms with van der Waals surface area (Å²) >= 11 is 0. The lowest BCUT2D eigenvalue weighted by Gasteiger charge is -2.16. The smallest absolute Gasteiger partial charge is 0.292 e. The number of hydrogen-bond donors (Lipinski definition) is 0. The first-order valence-corrected chi connectivity index (χ1v) is 8.33. The highest BCUT2D eigenvalue weighted by Gasteiger charge is 2.18. The Balaban J connectivity index is 1.69. The highest BCUT2D eigenvalue weighted by molar-refractivity contribution is 5.91. The van der Waals surface area contributed by atoms with Crippen LogP contribution in [0.4, 0.5) is 0 Å². The monoisotopic (exact) mass is 338 g/mol. The van der Waals surface area contributed by atoms with Gasteiger partial charge >= 0.3 is 0 Å². The van der Waals surface area contributed by atoms with Gasteiger partial charge in [0.15, 0.2) is 0 Å². The molecule has 0 N–H and O–H groups in total. The topological polar surface area (TPSA) is 64.2 Å². The van der Waals surface area contributed by atoms with Crippen LogP contribution in [-0.4, -0.2) is 32.8 Å². The van der Waals surface area contributed by atoms with Crippen molar-refractivity contribution < 1.29 is 9.32 Å². The highest BCUT2D eigenvalue weighted by atomic mass is 16.5. The van der Waals surface area contributed by atoms with Crippen molar-refractivity contribution in [3.63, 3.8) is 0 Å². The number of rotatable bonds is 6. The summed E-state index contributed by atoms with van der Waals surface area (Å²) in [5.41, 5.74) is 2.79. The fourth-order valence-corrected chi connectivity index (χ4v) is 2.68. The number of hydrogen-bond acceptors (Lipinski definition) is 4. The van der Waals surface area contributed by atoms with Gasteiger partial charge in [-0.15, -0.1) is 0 Å². The highest BCUT2D eigenvalue weighted by Crippen LogP contribution is 2.14. The number of carbonyl (C=O) groups excluding carboxylic acids is 1. The molecular formula is C19H22N4O2. The van der Waals surface area contributed by atoms with Crippen LogP contribution in [0.2, 0.25) is 0 Å². The minimum absolute atomic E-state index is 0.174. The molecule has 0 saturated carbocycles. The Labute approximate surface area is 147 Å². The van der Waals surface area contributed by atoms with E-state index in [0.717, 1.165) is 23.4 Å². The molecule has 0 aliphatic heterocycles. The van der Waals surface area contributed by atoms with Crippen LogP contribution in [0, 0.1) is 5.92 Å². The predicted octanol–water partition coefficient (Wildman–Crippen LogP) is 3.33. The van der Waals surface area contributed by atoms with E-state index in [1.807, 2.05) is 36.5 Å². The van der Waals surface area contributed by atoms with Crippen LogP contribution in [0.15, 0.2) is 53.3 Å². The van der Waals surface area contributed by atoms with Crippen molar-refractivity contribution in [3.05, 3.63) is 65.8 Å². The Morgan fingerprint density at radius 2 is 2.12 bits per heavy atom. The zero-order valence-corrected chi connectivity index (χ0v) is 14.7. The van der Waals surface area contributed by atoms with E-state index >= 15 is 0 Å². The molecule has 0 bridgehead atoms. The van der Waals surface area contributed by atoms with E-state index in [1.54, 1.807) is 28.9 Å². The Kier molecular flexibility index (Phi) is 4.97. The van der Waals surface area contributed by atoms with E-state index in [4.69, 9.17) is 4.52 Å². The first kappa shape index (κ1) is 17.0. The zero-order chi connectivity index (χ0) is 17.8. The predicted molar refractivity (Wildman–Crippen MR) is 94.4 cm³/mol. The van der Waals surface area contributed by atoms with Gasteiger partial charge in [-0.3, -0.25) is 4.79 Å². The van der Waals surface area contributed by atoms with Gasteiger partial charge in [0.1, 0.15) is 0 Å². The van der Waals surface area contributed by atoms with Gasteiger partial charge in [-0.1, -0.05) is 31.1 Å². The maximum absolute atomic E-state index is 12.5.